The van der Waals surface area contributed by atoms with Gasteiger partial charge in [0.15, 0.2) is 0 Å². The molecule has 1 aliphatic rings. The normalized spacial score (nSPS) is 24.4. The standard InChI is InChI=1S/C13H24N2O3/c1-4-13(2,3)15-12(18)14-10-8-6-5-7-9(10)11(16)17/h9-10H,4-8H2,1-3H3,(H,16,17)(H2,14,15,18). The fraction of sp³-hybridized carbons (Fsp3) is 0.846. The highest BCUT2D eigenvalue weighted by Gasteiger charge is 2.32. The molecule has 18 heavy (non-hydrogen) atoms. The van der Waals surface area contributed by atoms with Gasteiger partial charge in [-0.05, 0) is 33.1 Å². The lowest BCUT2D eigenvalue weighted by atomic mass is 9.84. The Kier molecular flexibility index (Phi) is 4.99. The molecule has 0 aromatic heterocycles. The minimum atomic E-state index is -0.810. The van der Waals surface area contributed by atoms with Crippen LogP contribution in [0.25, 0.3) is 0 Å². The molecule has 0 aromatic rings. The third kappa shape index (κ3) is 4.20. The second-order valence-electron chi connectivity index (χ2n) is 5.67. The van der Waals surface area contributed by atoms with Crippen molar-refractivity contribution in [2.75, 3.05) is 0 Å². The van der Waals surface area contributed by atoms with Crippen LogP contribution in [0.4, 0.5) is 4.79 Å². The molecule has 0 heterocycles. The van der Waals surface area contributed by atoms with Crippen LogP contribution in [0.15, 0.2) is 0 Å². The molecule has 1 aliphatic carbocycles. The van der Waals surface area contributed by atoms with Gasteiger partial charge in [-0.2, -0.15) is 0 Å². The Hall–Kier alpha value is -1.26. The fourth-order valence-electron chi connectivity index (χ4n) is 2.20. The van der Waals surface area contributed by atoms with Crippen LogP contribution in [-0.4, -0.2) is 28.7 Å². The van der Waals surface area contributed by atoms with Gasteiger partial charge in [-0.25, -0.2) is 4.79 Å². The van der Waals surface area contributed by atoms with E-state index in [1.165, 1.54) is 0 Å². The van der Waals surface area contributed by atoms with Crippen LogP contribution >= 0.6 is 0 Å². The summed E-state index contributed by atoms with van der Waals surface area (Å²) < 4.78 is 0. The molecule has 0 saturated heterocycles. The predicted octanol–water partition coefficient (Wildman–Crippen LogP) is 2.12. The summed E-state index contributed by atoms with van der Waals surface area (Å²) in [6.45, 7) is 5.89. The number of aliphatic carboxylic acids is 1. The summed E-state index contributed by atoms with van der Waals surface area (Å²) in [5.74, 6) is -1.26. The Morgan fingerprint density at radius 1 is 1.28 bits per heavy atom. The molecule has 1 saturated carbocycles. The van der Waals surface area contributed by atoms with Gasteiger partial charge < -0.3 is 15.7 Å². The van der Waals surface area contributed by atoms with Crippen molar-refractivity contribution in [1.29, 1.82) is 0 Å². The molecular formula is C13H24N2O3. The molecular weight excluding hydrogens is 232 g/mol. The van der Waals surface area contributed by atoms with Crippen molar-refractivity contribution in [2.45, 2.75) is 64.5 Å². The molecule has 0 radical (unpaired) electrons. The van der Waals surface area contributed by atoms with E-state index >= 15 is 0 Å². The number of urea groups is 1. The van der Waals surface area contributed by atoms with Gasteiger partial charge in [-0.1, -0.05) is 19.8 Å². The average molecular weight is 256 g/mol. The topological polar surface area (TPSA) is 78.4 Å². The van der Waals surface area contributed by atoms with Crippen molar-refractivity contribution in [3.8, 4) is 0 Å². The fourth-order valence-corrected chi connectivity index (χ4v) is 2.20. The Labute approximate surface area is 108 Å². The minimum Gasteiger partial charge on any atom is -0.481 e. The van der Waals surface area contributed by atoms with E-state index in [1.807, 2.05) is 20.8 Å². The summed E-state index contributed by atoms with van der Waals surface area (Å²) in [5, 5.41) is 14.8. The van der Waals surface area contributed by atoms with E-state index in [1.54, 1.807) is 0 Å². The summed E-state index contributed by atoms with van der Waals surface area (Å²) in [6, 6.07) is -0.510. The summed E-state index contributed by atoms with van der Waals surface area (Å²) in [7, 11) is 0. The summed E-state index contributed by atoms with van der Waals surface area (Å²) in [4.78, 5) is 23.0. The quantitative estimate of drug-likeness (QED) is 0.721. The zero-order chi connectivity index (χ0) is 13.8. The number of carboxylic acids is 1. The highest BCUT2D eigenvalue weighted by molar-refractivity contribution is 5.77. The van der Waals surface area contributed by atoms with Gasteiger partial charge in [0.05, 0.1) is 5.92 Å². The number of carbonyl (C=O) groups excluding carboxylic acids is 1. The van der Waals surface area contributed by atoms with E-state index in [2.05, 4.69) is 10.6 Å². The summed E-state index contributed by atoms with van der Waals surface area (Å²) in [6.07, 6.45) is 4.13. The molecule has 5 heteroatoms. The van der Waals surface area contributed by atoms with E-state index in [4.69, 9.17) is 5.11 Å². The Morgan fingerprint density at radius 2 is 1.89 bits per heavy atom. The maximum Gasteiger partial charge on any atom is 0.315 e. The van der Waals surface area contributed by atoms with Crippen LogP contribution < -0.4 is 10.6 Å². The number of rotatable bonds is 4. The Bertz CT molecular complexity index is 315. The second kappa shape index (κ2) is 6.07. The monoisotopic (exact) mass is 256 g/mol. The summed E-state index contributed by atoms with van der Waals surface area (Å²) >= 11 is 0. The second-order valence-corrected chi connectivity index (χ2v) is 5.67. The molecule has 0 spiro atoms. The molecule has 1 fully saturated rings. The van der Waals surface area contributed by atoms with Crippen LogP contribution in [0.3, 0.4) is 0 Å². The molecule has 2 unspecified atom stereocenters. The number of hydrogen-bond acceptors (Lipinski definition) is 2. The lowest BCUT2D eigenvalue weighted by molar-refractivity contribution is -0.143. The van der Waals surface area contributed by atoms with Gasteiger partial charge in [0, 0.05) is 11.6 Å². The molecule has 2 atom stereocenters. The number of carboxylic acid groups (broad SMARTS) is 1. The van der Waals surface area contributed by atoms with Crippen LogP contribution in [0.1, 0.15) is 52.9 Å². The molecule has 0 aliphatic heterocycles. The molecule has 5 nitrogen and oxygen atoms in total. The number of hydrogen-bond donors (Lipinski definition) is 3. The lowest BCUT2D eigenvalue weighted by Crippen LogP contribution is -2.53. The van der Waals surface area contributed by atoms with Crippen molar-refractivity contribution in [2.24, 2.45) is 5.92 Å². The van der Waals surface area contributed by atoms with Crippen LogP contribution in [-0.2, 0) is 4.79 Å². The zero-order valence-electron chi connectivity index (χ0n) is 11.5. The van der Waals surface area contributed by atoms with E-state index in [0.717, 1.165) is 25.7 Å². The van der Waals surface area contributed by atoms with Gasteiger partial charge in [-0.3, -0.25) is 4.79 Å². The highest BCUT2D eigenvalue weighted by atomic mass is 16.4. The van der Waals surface area contributed by atoms with E-state index in [9.17, 15) is 9.59 Å². The first-order valence-electron chi connectivity index (χ1n) is 6.67. The third-order valence-electron chi connectivity index (χ3n) is 3.74. The van der Waals surface area contributed by atoms with E-state index in [-0.39, 0.29) is 17.6 Å². The van der Waals surface area contributed by atoms with Crippen molar-refractivity contribution in [3.05, 3.63) is 0 Å². The summed E-state index contributed by atoms with van der Waals surface area (Å²) in [5.41, 5.74) is -0.266. The van der Waals surface area contributed by atoms with Crippen LogP contribution in [0.5, 0.6) is 0 Å². The molecule has 0 aromatic carbocycles. The smallest absolute Gasteiger partial charge is 0.315 e. The van der Waals surface area contributed by atoms with Gasteiger partial charge in [-0.15, -0.1) is 0 Å². The Balaban J connectivity index is 2.54. The average Bonchev–Trinajstić information content (AvgIpc) is 2.28. The maximum atomic E-state index is 11.8. The molecule has 104 valence electrons. The van der Waals surface area contributed by atoms with Gasteiger partial charge in [0.1, 0.15) is 0 Å². The van der Waals surface area contributed by atoms with Crippen molar-refractivity contribution in [1.82, 2.24) is 10.6 Å². The van der Waals surface area contributed by atoms with Gasteiger partial charge in [0.25, 0.3) is 0 Å². The zero-order valence-corrected chi connectivity index (χ0v) is 11.5. The van der Waals surface area contributed by atoms with Crippen LogP contribution in [0, 0.1) is 5.92 Å². The molecule has 2 amide bonds. The molecule has 0 bridgehead atoms. The first kappa shape index (κ1) is 14.8. The van der Waals surface area contributed by atoms with Gasteiger partial charge in [0.2, 0.25) is 0 Å². The highest BCUT2D eigenvalue weighted by Crippen LogP contribution is 2.24. The van der Waals surface area contributed by atoms with E-state index < -0.39 is 11.9 Å². The first-order valence-corrected chi connectivity index (χ1v) is 6.67. The Morgan fingerprint density at radius 3 is 2.44 bits per heavy atom. The predicted molar refractivity (Wildman–Crippen MR) is 69.4 cm³/mol. The van der Waals surface area contributed by atoms with Crippen molar-refractivity contribution >= 4 is 12.0 Å². The minimum absolute atomic E-state index is 0.246. The number of nitrogens with one attached hydrogen (secondary N) is 2. The van der Waals surface area contributed by atoms with Crippen molar-refractivity contribution in [3.63, 3.8) is 0 Å². The van der Waals surface area contributed by atoms with Crippen molar-refractivity contribution < 1.29 is 14.7 Å². The third-order valence-corrected chi connectivity index (χ3v) is 3.74. The number of amides is 2. The van der Waals surface area contributed by atoms with Gasteiger partial charge >= 0.3 is 12.0 Å². The SMILES string of the molecule is CCC(C)(C)NC(=O)NC1CCCCC1C(=O)O. The van der Waals surface area contributed by atoms with Crippen LogP contribution in [0.2, 0.25) is 0 Å². The molecule has 1 rings (SSSR count). The van der Waals surface area contributed by atoms with E-state index in [0.29, 0.717) is 6.42 Å². The number of carbonyl (C=O) groups is 2. The first-order chi connectivity index (χ1) is 8.35. The lowest BCUT2D eigenvalue weighted by Gasteiger charge is -2.31. The largest absolute Gasteiger partial charge is 0.481 e. The molecule has 3 N–H and O–H groups in total. The maximum absolute atomic E-state index is 11.8.